The fourth-order valence-corrected chi connectivity index (χ4v) is 1.71. The van der Waals surface area contributed by atoms with Gasteiger partial charge in [0.25, 0.3) is 0 Å². The summed E-state index contributed by atoms with van der Waals surface area (Å²) in [6.07, 6.45) is 0.00697. The highest BCUT2D eigenvalue weighted by atomic mass is 16.5. The molecule has 0 aromatic heterocycles. The molecule has 1 aliphatic heterocycles. The summed E-state index contributed by atoms with van der Waals surface area (Å²) >= 11 is 0. The van der Waals surface area contributed by atoms with Crippen LogP contribution in [0.1, 0.15) is 26.2 Å². The van der Waals surface area contributed by atoms with Crippen LogP contribution in [0.15, 0.2) is 0 Å². The molecule has 3 N–H and O–H groups in total. The van der Waals surface area contributed by atoms with Crippen molar-refractivity contribution in [2.45, 2.75) is 44.2 Å². The van der Waals surface area contributed by atoms with Gasteiger partial charge in [0.1, 0.15) is 0 Å². The molecule has 0 spiro atoms. The molecule has 0 saturated carbocycles. The van der Waals surface area contributed by atoms with Crippen molar-refractivity contribution in [3.8, 4) is 0 Å². The van der Waals surface area contributed by atoms with Crippen molar-refractivity contribution >= 4 is 13.1 Å². The van der Waals surface area contributed by atoms with E-state index >= 15 is 0 Å². The predicted octanol–water partition coefficient (Wildman–Crippen LogP) is -0.128. The first kappa shape index (κ1) is 11.5. The van der Waals surface area contributed by atoms with E-state index in [-0.39, 0.29) is 12.2 Å². The molecule has 0 amide bonds. The maximum absolute atomic E-state index is 10.4. The van der Waals surface area contributed by atoms with Crippen LogP contribution in [0.3, 0.4) is 0 Å². The second-order valence-electron chi connectivity index (χ2n) is 3.73. The average Bonchev–Trinajstić information content (AvgIpc) is 2.01. The summed E-state index contributed by atoms with van der Waals surface area (Å²) in [5, 5.41) is 27.2. The predicted molar refractivity (Wildman–Crippen MR) is 49.8 cm³/mol. The first-order valence-electron chi connectivity index (χ1n) is 4.74. The maximum atomic E-state index is 10.4. The van der Waals surface area contributed by atoms with Gasteiger partial charge in [-0.05, 0) is 19.8 Å². The van der Waals surface area contributed by atoms with Crippen molar-refractivity contribution in [3.63, 3.8) is 0 Å². The van der Waals surface area contributed by atoms with E-state index in [1.165, 1.54) is 0 Å². The van der Waals surface area contributed by atoms with Crippen molar-refractivity contribution in [3.05, 3.63) is 0 Å². The Morgan fingerprint density at radius 1 is 1.64 bits per heavy atom. The normalized spacial score (nSPS) is 30.1. The van der Waals surface area contributed by atoms with E-state index in [0.717, 1.165) is 0 Å². The van der Waals surface area contributed by atoms with Crippen LogP contribution >= 0.6 is 0 Å². The summed E-state index contributed by atoms with van der Waals surface area (Å²) in [6, 6.07) is 0. The quantitative estimate of drug-likeness (QED) is 0.555. The molecule has 3 atom stereocenters. The summed E-state index contributed by atoms with van der Waals surface area (Å²) in [7, 11) is -1.05. The number of aliphatic carboxylic acids is 1. The van der Waals surface area contributed by atoms with E-state index in [1.807, 2.05) is 0 Å². The van der Waals surface area contributed by atoms with E-state index in [1.54, 1.807) is 6.92 Å². The Bertz CT molecular complexity index is 208. The van der Waals surface area contributed by atoms with E-state index in [9.17, 15) is 14.9 Å². The first-order valence-corrected chi connectivity index (χ1v) is 4.74. The molecule has 0 radical (unpaired) electrons. The highest BCUT2D eigenvalue weighted by molar-refractivity contribution is 6.45. The molecule has 1 heterocycles. The van der Waals surface area contributed by atoms with Crippen LogP contribution in [-0.2, 0) is 9.45 Å². The Morgan fingerprint density at radius 2 is 2.29 bits per heavy atom. The Kier molecular flexibility index (Phi) is 3.91. The third kappa shape index (κ3) is 2.97. The van der Waals surface area contributed by atoms with Gasteiger partial charge in [-0.15, -0.1) is 0 Å². The first-order chi connectivity index (χ1) is 6.50. The van der Waals surface area contributed by atoms with Gasteiger partial charge in [-0.3, -0.25) is 4.79 Å². The number of carboxylic acid groups (broad SMARTS) is 1. The molecule has 0 aromatic carbocycles. The van der Waals surface area contributed by atoms with Crippen LogP contribution in [0.4, 0.5) is 0 Å². The maximum Gasteiger partial charge on any atom is 0.460 e. The van der Waals surface area contributed by atoms with Gasteiger partial charge in [-0.1, -0.05) is 0 Å². The molecule has 1 rings (SSSR count). The molecule has 5 nitrogen and oxygen atoms in total. The summed E-state index contributed by atoms with van der Waals surface area (Å²) < 4.78 is 5.09. The molecule has 80 valence electrons. The summed E-state index contributed by atoms with van der Waals surface area (Å²) in [5.74, 6) is -1.24. The minimum Gasteiger partial charge on any atom is -0.481 e. The second kappa shape index (κ2) is 4.77. The monoisotopic (exact) mass is 202 g/mol. The van der Waals surface area contributed by atoms with Crippen LogP contribution < -0.4 is 0 Å². The SMILES string of the molecule is CC(O)C1CCC(CC(=O)O)OB1O. The standard InChI is InChI=1S/C8H15BO5/c1-5(10)7-3-2-6(4-8(11)12)14-9(7)13/h5-7,10,13H,2-4H2,1H3,(H,11,12). The van der Waals surface area contributed by atoms with Gasteiger partial charge in [0.15, 0.2) is 0 Å². The van der Waals surface area contributed by atoms with E-state index in [0.29, 0.717) is 12.8 Å². The summed E-state index contributed by atoms with van der Waals surface area (Å²) in [4.78, 5) is 10.4. The largest absolute Gasteiger partial charge is 0.481 e. The van der Waals surface area contributed by atoms with Crippen LogP contribution in [0.2, 0.25) is 5.82 Å². The second-order valence-corrected chi connectivity index (χ2v) is 3.73. The van der Waals surface area contributed by atoms with E-state index in [4.69, 9.17) is 9.76 Å². The van der Waals surface area contributed by atoms with Gasteiger partial charge >= 0.3 is 13.1 Å². The Morgan fingerprint density at radius 3 is 2.71 bits per heavy atom. The third-order valence-electron chi connectivity index (χ3n) is 2.54. The highest BCUT2D eigenvalue weighted by Crippen LogP contribution is 2.30. The minimum atomic E-state index is -1.05. The molecule has 3 unspecified atom stereocenters. The van der Waals surface area contributed by atoms with Gasteiger partial charge in [0, 0.05) is 5.82 Å². The highest BCUT2D eigenvalue weighted by Gasteiger charge is 2.38. The zero-order valence-electron chi connectivity index (χ0n) is 8.09. The van der Waals surface area contributed by atoms with Crippen molar-refractivity contribution in [1.82, 2.24) is 0 Å². The van der Waals surface area contributed by atoms with Crippen LogP contribution in [0.25, 0.3) is 0 Å². The van der Waals surface area contributed by atoms with Gasteiger partial charge in [-0.2, -0.15) is 0 Å². The van der Waals surface area contributed by atoms with Crippen molar-refractivity contribution in [1.29, 1.82) is 0 Å². The molecule has 14 heavy (non-hydrogen) atoms. The molecule has 1 aliphatic rings. The number of rotatable bonds is 3. The van der Waals surface area contributed by atoms with Crippen LogP contribution in [-0.4, -0.2) is 40.5 Å². The lowest BCUT2D eigenvalue weighted by Crippen LogP contribution is -2.40. The number of carboxylic acids is 1. The summed E-state index contributed by atoms with van der Waals surface area (Å²) in [5.41, 5.74) is 0. The Balaban J connectivity index is 2.42. The molecular weight excluding hydrogens is 187 g/mol. The lowest BCUT2D eigenvalue weighted by atomic mass is 9.64. The molecule has 0 aromatic rings. The van der Waals surface area contributed by atoms with Crippen LogP contribution in [0.5, 0.6) is 0 Å². The van der Waals surface area contributed by atoms with Crippen molar-refractivity contribution in [2.75, 3.05) is 0 Å². The van der Waals surface area contributed by atoms with Crippen LogP contribution in [0, 0.1) is 0 Å². The number of aliphatic hydroxyl groups is 1. The minimum absolute atomic E-state index is 0.0937. The number of hydrogen-bond donors (Lipinski definition) is 3. The smallest absolute Gasteiger partial charge is 0.460 e. The Hall–Kier alpha value is -0.585. The van der Waals surface area contributed by atoms with E-state index < -0.39 is 25.3 Å². The van der Waals surface area contributed by atoms with Crippen molar-refractivity contribution in [2.24, 2.45) is 0 Å². The third-order valence-corrected chi connectivity index (χ3v) is 2.54. The molecule has 6 heteroatoms. The number of hydrogen-bond acceptors (Lipinski definition) is 4. The topological polar surface area (TPSA) is 87.0 Å². The lowest BCUT2D eigenvalue weighted by molar-refractivity contribution is -0.139. The number of carbonyl (C=O) groups is 1. The van der Waals surface area contributed by atoms with E-state index in [2.05, 4.69) is 0 Å². The van der Waals surface area contributed by atoms with Gasteiger partial charge in [0.05, 0.1) is 18.6 Å². The molecule has 1 fully saturated rings. The fourth-order valence-electron chi connectivity index (χ4n) is 1.71. The summed E-state index contributed by atoms with van der Waals surface area (Å²) in [6.45, 7) is 1.59. The molecule has 0 bridgehead atoms. The molecule has 1 saturated heterocycles. The van der Waals surface area contributed by atoms with Gasteiger partial charge in [-0.25, -0.2) is 0 Å². The Labute approximate surface area is 82.8 Å². The van der Waals surface area contributed by atoms with Gasteiger partial charge in [0.2, 0.25) is 0 Å². The zero-order chi connectivity index (χ0) is 10.7. The van der Waals surface area contributed by atoms with Gasteiger partial charge < -0.3 is 19.9 Å². The molecule has 0 aliphatic carbocycles. The van der Waals surface area contributed by atoms with Crippen molar-refractivity contribution < 1.29 is 24.7 Å². The lowest BCUT2D eigenvalue weighted by Gasteiger charge is -2.31. The zero-order valence-corrected chi connectivity index (χ0v) is 8.09. The fraction of sp³-hybridized carbons (Fsp3) is 0.875. The molecular formula is C8H15BO5. The average molecular weight is 202 g/mol. The number of aliphatic hydroxyl groups excluding tert-OH is 1.